The van der Waals surface area contributed by atoms with Gasteiger partial charge in [0.1, 0.15) is 6.23 Å². The Bertz CT molecular complexity index is 635. The summed E-state index contributed by atoms with van der Waals surface area (Å²) in [6.45, 7) is 2.54. The quantitative estimate of drug-likeness (QED) is 0.480. The molecule has 6 N–H and O–H groups in total. The lowest BCUT2D eigenvalue weighted by Crippen LogP contribution is -2.24. The topological polar surface area (TPSA) is 114 Å². The third kappa shape index (κ3) is 3.11. The van der Waals surface area contributed by atoms with Gasteiger partial charge in [0.25, 0.3) is 5.91 Å². The maximum atomic E-state index is 11.2. The number of nitrogens with two attached hydrogens (primary N) is 2. The van der Waals surface area contributed by atoms with E-state index in [0.717, 1.165) is 17.5 Å². The van der Waals surface area contributed by atoms with Gasteiger partial charge in [0.15, 0.2) is 0 Å². The molecule has 0 radical (unpaired) electrons. The number of hydrogen-bond donors (Lipinski definition) is 4. The van der Waals surface area contributed by atoms with Crippen molar-refractivity contribution in [1.29, 1.82) is 5.41 Å². The van der Waals surface area contributed by atoms with E-state index in [1.54, 1.807) is 12.1 Å². The molecule has 110 valence electrons. The van der Waals surface area contributed by atoms with Crippen LogP contribution < -0.4 is 16.8 Å². The van der Waals surface area contributed by atoms with E-state index in [1.807, 2.05) is 25.1 Å². The van der Waals surface area contributed by atoms with Gasteiger partial charge in [-0.25, -0.2) is 0 Å². The van der Waals surface area contributed by atoms with Crippen molar-refractivity contribution in [2.75, 3.05) is 11.9 Å². The Kier molecular flexibility index (Phi) is 4.39. The molecule has 0 bridgehead atoms. The van der Waals surface area contributed by atoms with Gasteiger partial charge in [0.2, 0.25) is 0 Å². The van der Waals surface area contributed by atoms with Gasteiger partial charge >= 0.3 is 0 Å². The van der Waals surface area contributed by atoms with E-state index in [4.69, 9.17) is 21.6 Å². The van der Waals surface area contributed by atoms with Crippen LogP contribution in [0.15, 0.2) is 36.0 Å². The molecular weight excluding hydrogens is 268 g/mol. The normalized spacial score (nSPS) is 17.0. The predicted octanol–water partition coefficient (Wildman–Crippen LogP) is 1.18. The van der Waals surface area contributed by atoms with Gasteiger partial charge in [-0.05, 0) is 30.7 Å². The Balaban J connectivity index is 2.28. The second kappa shape index (κ2) is 6.23. The summed E-state index contributed by atoms with van der Waals surface area (Å²) < 4.78 is 5.48. The molecule has 1 unspecified atom stereocenters. The summed E-state index contributed by atoms with van der Waals surface area (Å²) in [4.78, 5) is 11.2. The fourth-order valence-corrected chi connectivity index (χ4v) is 2.10. The molecular formula is C15H18N4O2. The Hall–Kier alpha value is -2.60. The van der Waals surface area contributed by atoms with Crippen molar-refractivity contribution < 1.29 is 9.53 Å². The van der Waals surface area contributed by atoms with Crippen molar-refractivity contribution >= 4 is 23.4 Å². The SMILES string of the molecule is CCOC1C=Cc2cc(C(=N)/C(=C/N)C(N)=O)ccc2N1. The zero-order valence-corrected chi connectivity index (χ0v) is 11.7. The molecule has 0 saturated heterocycles. The smallest absolute Gasteiger partial charge is 0.252 e. The number of carbonyl (C=O) groups is 1. The molecule has 0 saturated carbocycles. The van der Waals surface area contributed by atoms with E-state index in [2.05, 4.69) is 5.32 Å². The molecule has 21 heavy (non-hydrogen) atoms. The number of rotatable bonds is 5. The number of fused-ring (bicyclic) bond motifs is 1. The molecule has 0 fully saturated rings. The Morgan fingerprint density at radius 1 is 1.52 bits per heavy atom. The Labute approximate surface area is 123 Å². The van der Waals surface area contributed by atoms with Gasteiger partial charge < -0.3 is 21.5 Å². The molecule has 1 aromatic carbocycles. The second-order valence-electron chi connectivity index (χ2n) is 4.50. The number of carbonyl (C=O) groups excluding carboxylic acids is 1. The minimum absolute atomic E-state index is 0.00473. The van der Waals surface area contributed by atoms with Gasteiger partial charge in [0, 0.05) is 24.1 Å². The highest BCUT2D eigenvalue weighted by Crippen LogP contribution is 2.25. The summed E-state index contributed by atoms with van der Waals surface area (Å²) in [5.41, 5.74) is 13.0. The standard InChI is InChI=1S/C15H18N4O2/c1-2-21-13-6-4-9-7-10(3-5-12(9)19-13)14(17)11(8-16)15(18)20/h3-8,13,17,19H,2,16H2,1H3,(H2,18,20)/b11-8-,17-14?. The molecule has 0 aliphatic carbocycles. The third-order valence-corrected chi connectivity index (χ3v) is 3.14. The van der Waals surface area contributed by atoms with Gasteiger partial charge in [-0.3, -0.25) is 10.2 Å². The van der Waals surface area contributed by atoms with Crippen molar-refractivity contribution in [2.45, 2.75) is 13.2 Å². The fraction of sp³-hybridized carbons (Fsp3) is 0.200. The molecule has 0 aromatic heterocycles. The number of ether oxygens (including phenoxy) is 1. The first-order valence-corrected chi connectivity index (χ1v) is 6.58. The molecule has 0 spiro atoms. The average molecular weight is 286 g/mol. The zero-order valence-electron chi connectivity index (χ0n) is 11.7. The van der Waals surface area contributed by atoms with Crippen molar-refractivity contribution in [3.63, 3.8) is 0 Å². The maximum Gasteiger partial charge on any atom is 0.252 e. The summed E-state index contributed by atoms with van der Waals surface area (Å²) in [6, 6.07) is 5.38. The average Bonchev–Trinajstić information content (AvgIpc) is 2.47. The molecule has 1 aliphatic heterocycles. The van der Waals surface area contributed by atoms with Gasteiger partial charge in [-0.15, -0.1) is 0 Å². The first-order valence-electron chi connectivity index (χ1n) is 6.58. The van der Waals surface area contributed by atoms with E-state index in [9.17, 15) is 4.79 Å². The molecule has 1 atom stereocenters. The van der Waals surface area contributed by atoms with Crippen molar-refractivity contribution in [1.82, 2.24) is 0 Å². The zero-order chi connectivity index (χ0) is 15.4. The Morgan fingerprint density at radius 2 is 2.29 bits per heavy atom. The second-order valence-corrected chi connectivity index (χ2v) is 4.50. The number of hydrogen-bond acceptors (Lipinski definition) is 5. The summed E-state index contributed by atoms with van der Waals surface area (Å²) in [7, 11) is 0. The number of amides is 1. The lowest BCUT2D eigenvalue weighted by atomic mass is 9.98. The van der Waals surface area contributed by atoms with Gasteiger partial charge in [-0.1, -0.05) is 12.1 Å². The molecule has 1 aromatic rings. The minimum Gasteiger partial charge on any atom is -0.404 e. The summed E-state index contributed by atoms with van der Waals surface area (Å²) in [5.74, 6) is -0.717. The van der Waals surface area contributed by atoms with Crippen LogP contribution >= 0.6 is 0 Å². The molecule has 1 aliphatic rings. The monoisotopic (exact) mass is 286 g/mol. The van der Waals surface area contributed by atoms with E-state index in [-0.39, 0.29) is 17.5 Å². The van der Waals surface area contributed by atoms with Crippen LogP contribution in [0.4, 0.5) is 5.69 Å². The number of primary amides is 1. The lowest BCUT2D eigenvalue weighted by molar-refractivity contribution is -0.114. The Morgan fingerprint density at radius 3 is 2.90 bits per heavy atom. The maximum absolute atomic E-state index is 11.2. The van der Waals surface area contributed by atoms with E-state index < -0.39 is 5.91 Å². The lowest BCUT2D eigenvalue weighted by Gasteiger charge is -2.22. The van der Waals surface area contributed by atoms with Crippen LogP contribution in [-0.4, -0.2) is 24.5 Å². The van der Waals surface area contributed by atoms with Crippen LogP contribution in [0.3, 0.4) is 0 Å². The highest BCUT2D eigenvalue weighted by molar-refractivity contribution is 6.26. The van der Waals surface area contributed by atoms with E-state index >= 15 is 0 Å². The minimum atomic E-state index is -0.717. The molecule has 1 amide bonds. The van der Waals surface area contributed by atoms with Crippen molar-refractivity contribution in [2.24, 2.45) is 11.5 Å². The third-order valence-electron chi connectivity index (χ3n) is 3.14. The molecule has 6 heteroatoms. The van der Waals surface area contributed by atoms with Crippen LogP contribution in [0.1, 0.15) is 18.1 Å². The van der Waals surface area contributed by atoms with Crippen molar-refractivity contribution in [3.8, 4) is 0 Å². The highest BCUT2D eigenvalue weighted by atomic mass is 16.5. The number of nitrogens with one attached hydrogen (secondary N) is 2. The van der Waals surface area contributed by atoms with Crippen LogP contribution in [0.5, 0.6) is 0 Å². The van der Waals surface area contributed by atoms with Crippen molar-refractivity contribution in [3.05, 3.63) is 47.2 Å². The summed E-state index contributed by atoms with van der Waals surface area (Å²) in [5, 5.41) is 11.2. The predicted molar refractivity (Wildman–Crippen MR) is 82.8 cm³/mol. The summed E-state index contributed by atoms with van der Waals surface area (Å²) >= 11 is 0. The van der Waals surface area contributed by atoms with Crippen LogP contribution in [0.2, 0.25) is 0 Å². The van der Waals surface area contributed by atoms with Crippen LogP contribution in [-0.2, 0) is 9.53 Å². The van der Waals surface area contributed by atoms with Gasteiger partial charge in [-0.2, -0.15) is 0 Å². The molecule has 2 rings (SSSR count). The number of anilines is 1. The highest BCUT2D eigenvalue weighted by Gasteiger charge is 2.17. The molecule has 6 nitrogen and oxygen atoms in total. The largest absolute Gasteiger partial charge is 0.404 e. The number of benzene rings is 1. The fourth-order valence-electron chi connectivity index (χ4n) is 2.10. The molecule has 1 heterocycles. The summed E-state index contributed by atoms with van der Waals surface area (Å²) in [6.07, 6.45) is 4.72. The first-order chi connectivity index (χ1) is 10.1. The van der Waals surface area contributed by atoms with E-state index in [0.29, 0.717) is 12.2 Å². The van der Waals surface area contributed by atoms with Gasteiger partial charge in [0.05, 0.1) is 11.3 Å². The van der Waals surface area contributed by atoms with Crippen LogP contribution in [0, 0.1) is 5.41 Å². The van der Waals surface area contributed by atoms with Crippen LogP contribution in [0.25, 0.3) is 6.08 Å². The van der Waals surface area contributed by atoms with E-state index in [1.165, 1.54) is 0 Å². The first kappa shape index (κ1) is 14.8.